The van der Waals surface area contributed by atoms with Gasteiger partial charge in [0.2, 0.25) is 0 Å². The Hall–Kier alpha value is -2.74. The van der Waals surface area contributed by atoms with Gasteiger partial charge in [-0.25, -0.2) is 5.43 Å². The number of aryl methyl sites for hydroxylation is 1. The molecule has 1 aromatic carbocycles. The second-order valence-electron chi connectivity index (χ2n) is 4.54. The van der Waals surface area contributed by atoms with Crippen molar-refractivity contribution in [2.24, 2.45) is 5.10 Å². The molecule has 0 aliphatic carbocycles. The fourth-order valence-electron chi connectivity index (χ4n) is 1.68. The van der Waals surface area contributed by atoms with E-state index in [1.165, 1.54) is 34.6 Å². The van der Waals surface area contributed by atoms with Crippen LogP contribution < -0.4 is 10.2 Å². The Morgan fingerprint density at radius 2 is 2.17 bits per heavy atom. The molecule has 0 spiro atoms. The lowest BCUT2D eigenvalue weighted by Crippen LogP contribution is -2.24. The molecule has 2 aromatic rings. The molecule has 0 aliphatic heterocycles. The van der Waals surface area contributed by atoms with Crippen molar-refractivity contribution in [2.45, 2.75) is 13.3 Å². The van der Waals surface area contributed by atoms with Gasteiger partial charge >= 0.3 is 0 Å². The van der Waals surface area contributed by atoms with E-state index in [1.54, 1.807) is 12.1 Å². The van der Waals surface area contributed by atoms with E-state index in [2.05, 4.69) is 17.5 Å². The summed E-state index contributed by atoms with van der Waals surface area (Å²) in [5, 5.41) is 15.7. The molecule has 0 radical (unpaired) electrons. The van der Waals surface area contributed by atoms with Crippen LogP contribution in [-0.2, 0) is 11.2 Å². The Kier molecular flexibility index (Phi) is 5.81. The van der Waals surface area contributed by atoms with Gasteiger partial charge in [-0.15, -0.1) is 11.3 Å². The maximum Gasteiger partial charge on any atom is 0.280 e. The number of amides is 1. The van der Waals surface area contributed by atoms with Crippen LogP contribution in [0.15, 0.2) is 40.8 Å². The van der Waals surface area contributed by atoms with E-state index in [9.17, 15) is 14.9 Å². The van der Waals surface area contributed by atoms with Crippen molar-refractivity contribution in [3.05, 3.63) is 56.3 Å². The third-order valence-corrected chi connectivity index (χ3v) is 3.75. The minimum absolute atomic E-state index is 0.00151. The van der Waals surface area contributed by atoms with Crippen molar-refractivity contribution in [3.8, 4) is 5.75 Å². The molecule has 0 atom stereocenters. The van der Waals surface area contributed by atoms with Gasteiger partial charge in [0, 0.05) is 6.07 Å². The first-order valence-corrected chi connectivity index (χ1v) is 7.73. The van der Waals surface area contributed by atoms with Crippen LogP contribution in [0.2, 0.25) is 0 Å². The molecule has 0 bridgehead atoms. The molecule has 0 saturated carbocycles. The van der Waals surface area contributed by atoms with Crippen LogP contribution in [-0.4, -0.2) is 23.7 Å². The molecule has 0 fully saturated rings. The quantitative estimate of drug-likeness (QED) is 0.479. The van der Waals surface area contributed by atoms with Crippen molar-refractivity contribution in [2.75, 3.05) is 6.61 Å². The topological polar surface area (TPSA) is 93.8 Å². The lowest BCUT2D eigenvalue weighted by Gasteiger charge is -2.05. The number of carbonyl (C=O) groups is 1. The molecule has 1 N–H and O–H groups in total. The average Bonchev–Trinajstić information content (AvgIpc) is 3.02. The first-order chi connectivity index (χ1) is 11.1. The Balaban J connectivity index is 1.77. The van der Waals surface area contributed by atoms with Gasteiger partial charge in [-0.3, -0.25) is 14.9 Å². The van der Waals surface area contributed by atoms with Crippen molar-refractivity contribution in [1.29, 1.82) is 0 Å². The van der Waals surface area contributed by atoms with Gasteiger partial charge in [-0.05, 0) is 24.1 Å². The van der Waals surface area contributed by atoms with Gasteiger partial charge in [-0.2, -0.15) is 5.10 Å². The summed E-state index contributed by atoms with van der Waals surface area (Å²) in [6.45, 7) is 1.90. The minimum Gasteiger partial charge on any atom is -0.484 e. The standard InChI is InChI=1S/C15H15N3O4S/c1-2-11-3-5-13(6-4-11)22-9-15(19)17-16-8-14-7-12(10-23-14)18(20)21/h3-8,10H,2,9H2,1H3,(H,17,19)/b16-8+. The summed E-state index contributed by atoms with van der Waals surface area (Å²) in [6, 6.07) is 8.87. The van der Waals surface area contributed by atoms with E-state index in [0.29, 0.717) is 10.6 Å². The van der Waals surface area contributed by atoms with E-state index in [4.69, 9.17) is 4.74 Å². The van der Waals surface area contributed by atoms with Crippen molar-refractivity contribution in [1.82, 2.24) is 5.43 Å². The van der Waals surface area contributed by atoms with Gasteiger partial charge in [0.1, 0.15) is 5.75 Å². The van der Waals surface area contributed by atoms with Gasteiger partial charge in [0.15, 0.2) is 6.61 Å². The normalized spacial score (nSPS) is 10.7. The molecule has 8 heteroatoms. The number of nitrogens with zero attached hydrogens (tertiary/aromatic N) is 2. The van der Waals surface area contributed by atoms with Crippen molar-refractivity contribution >= 4 is 29.1 Å². The minimum atomic E-state index is -0.482. The van der Waals surface area contributed by atoms with Crippen LogP contribution in [0, 0.1) is 10.1 Å². The van der Waals surface area contributed by atoms with Gasteiger partial charge < -0.3 is 4.74 Å². The van der Waals surface area contributed by atoms with Crippen molar-refractivity contribution in [3.63, 3.8) is 0 Å². The number of hydrazone groups is 1. The van der Waals surface area contributed by atoms with Crippen molar-refractivity contribution < 1.29 is 14.5 Å². The highest BCUT2D eigenvalue weighted by Gasteiger charge is 2.07. The second kappa shape index (κ2) is 8.04. The molecule has 0 aliphatic rings. The van der Waals surface area contributed by atoms with E-state index < -0.39 is 10.8 Å². The summed E-state index contributed by atoms with van der Waals surface area (Å²) in [5.41, 5.74) is 3.50. The Morgan fingerprint density at radius 3 is 2.78 bits per heavy atom. The largest absolute Gasteiger partial charge is 0.484 e. The van der Waals surface area contributed by atoms with E-state index in [-0.39, 0.29) is 12.3 Å². The fourth-order valence-corrected chi connectivity index (χ4v) is 2.39. The first kappa shape index (κ1) is 16.6. The predicted molar refractivity (Wildman–Crippen MR) is 88.0 cm³/mol. The molecule has 1 heterocycles. The van der Waals surface area contributed by atoms with Crippen LogP contribution >= 0.6 is 11.3 Å². The molecule has 0 saturated heterocycles. The third kappa shape index (κ3) is 5.19. The van der Waals surface area contributed by atoms with Crippen LogP contribution in [0.1, 0.15) is 17.4 Å². The Morgan fingerprint density at radius 1 is 1.43 bits per heavy atom. The number of benzene rings is 1. The molecule has 1 aromatic heterocycles. The van der Waals surface area contributed by atoms with Crippen LogP contribution in [0.25, 0.3) is 0 Å². The summed E-state index contributed by atoms with van der Waals surface area (Å²) in [4.78, 5) is 22.2. The number of hydrogen-bond donors (Lipinski definition) is 1. The zero-order valence-corrected chi connectivity index (χ0v) is 13.2. The fraction of sp³-hybridized carbons (Fsp3) is 0.200. The van der Waals surface area contributed by atoms with Gasteiger partial charge in [0.25, 0.3) is 11.6 Å². The van der Waals surface area contributed by atoms with E-state index >= 15 is 0 Å². The maximum atomic E-state index is 11.6. The molecule has 0 unspecified atom stereocenters. The molecule has 120 valence electrons. The monoisotopic (exact) mass is 333 g/mol. The smallest absolute Gasteiger partial charge is 0.280 e. The molecule has 23 heavy (non-hydrogen) atoms. The zero-order valence-electron chi connectivity index (χ0n) is 12.4. The van der Waals surface area contributed by atoms with Crippen LogP contribution in [0.5, 0.6) is 5.75 Å². The SMILES string of the molecule is CCc1ccc(OCC(=O)N/N=C/c2cc([N+](=O)[O-])cs2)cc1. The highest BCUT2D eigenvalue weighted by atomic mass is 32.1. The Labute approximate surface area is 136 Å². The number of ether oxygens (including phenoxy) is 1. The summed E-state index contributed by atoms with van der Waals surface area (Å²) >= 11 is 1.17. The number of carbonyl (C=O) groups excluding carboxylic acids is 1. The molecule has 2 rings (SSSR count). The number of rotatable bonds is 7. The number of hydrogen-bond acceptors (Lipinski definition) is 6. The van der Waals surface area contributed by atoms with Crippen LogP contribution in [0.4, 0.5) is 5.69 Å². The van der Waals surface area contributed by atoms with E-state index in [0.717, 1.165) is 6.42 Å². The highest BCUT2D eigenvalue weighted by Crippen LogP contribution is 2.19. The summed E-state index contributed by atoms with van der Waals surface area (Å²) in [7, 11) is 0. The number of thiophene rings is 1. The highest BCUT2D eigenvalue weighted by molar-refractivity contribution is 7.12. The lowest BCUT2D eigenvalue weighted by molar-refractivity contribution is -0.384. The molecular weight excluding hydrogens is 318 g/mol. The summed E-state index contributed by atoms with van der Waals surface area (Å²) in [6.07, 6.45) is 2.29. The number of nitro groups is 1. The van der Waals surface area contributed by atoms with E-state index in [1.807, 2.05) is 12.1 Å². The molecular formula is C15H15N3O4S. The average molecular weight is 333 g/mol. The Bertz CT molecular complexity index is 710. The second-order valence-corrected chi connectivity index (χ2v) is 5.49. The zero-order chi connectivity index (χ0) is 16.7. The summed E-state index contributed by atoms with van der Waals surface area (Å²) in [5.74, 6) is 0.196. The first-order valence-electron chi connectivity index (χ1n) is 6.85. The third-order valence-electron chi connectivity index (χ3n) is 2.90. The molecule has 7 nitrogen and oxygen atoms in total. The number of nitrogens with one attached hydrogen (secondary N) is 1. The molecule has 1 amide bonds. The lowest BCUT2D eigenvalue weighted by atomic mass is 10.2. The predicted octanol–water partition coefficient (Wildman–Crippen LogP) is 2.75. The maximum absolute atomic E-state index is 11.6. The van der Waals surface area contributed by atoms with Crippen LogP contribution in [0.3, 0.4) is 0 Å². The van der Waals surface area contributed by atoms with Gasteiger partial charge in [0.05, 0.1) is 21.4 Å². The summed E-state index contributed by atoms with van der Waals surface area (Å²) < 4.78 is 5.33. The van der Waals surface area contributed by atoms with Gasteiger partial charge in [-0.1, -0.05) is 19.1 Å².